The number of carboxylic acid groups (broad SMARTS) is 1. The van der Waals surface area contributed by atoms with E-state index in [9.17, 15) is 23.9 Å². The van der Waals surface area contributed by atoms with Crippen molar-refractivity contribution in [2.75, 3.05) is 11.9 Å². The lowest BCUT2D eigenvalue weighted by molar-refractivity contribution is -0.145. The number of carbonyl (C=O) groups is 3. The minimum atomic E-state index is -1.40. The molecular formula is C31H32ClFN4O5S. The van der Waals surface area contributed by atoms with Gasteiger partial charge in [-0.25, -0.2) is 14.2 Å². The van der Waals surface area contributed by atoms with Gasteiger partial charge in [0.05, 0.1) is 16.8 Å². The Bertz CT molecular complexity index is 1580. The molecule has 0 bridgehead atoms. The van der Waals surface area contributed by atoms with E-state index >= 15 is 0 Å². The lowest BCUT2D eigenvalue weighted by Gasteiger charge is -2.30. The summed E-state index contributed by atoms with van der Waals surface area (Å²) < 4.78 is 21.1. The highest BCUT2D eigenvalue weighted by Crippen LogP contribution is 2.45. The zero-order chi connectivity index (χ0) is 30.1. The highest BCUT2D eigenvalue weighted by molar-refractivity contribution is 7.20. The molecule has 0 unspecified atom stereocenters. The number of aromatic nitrogens is 1. The van der Waals surface area contributed by atoms with Gasteiger partial charge < -0.3 is 25.4 Å². The Labute approximate surface area is 257 Å². The fourth-order valence-corrected chi connectivity index (χ4v) is 7.15. The number of thiazole rings is 1. The van der Waals surface area contributed by atoms with Crippen molar-refractivity contribution in [3.05, 3.63) is 65.5 Å². The van der Waals surface area contributed by atoms with Gasteiger partial charge in [0.1, 0.15) is 29.5 Å². The van der Waals surface area contributed by atoms with Crippen LogP contribution >= 0.6 is 22.9 Å². The van der Waals surface area contributed by atoms with Crippen LogP contribution in [0.15, 0.2) is 54.6 Å². The zero-order valence-corrected chi connectivity index (χ0v) is 24.9. The molecule has 1 saturated carbocycles. The van der Waals surface area contributed by atoms with E-state index in [-0.39, 0.29) is 24.8 Å². The second-order valence-corrected chi connectivity index (χ2v) is 12.9. The van der Waals surface area contributed by atoms with E-state index in [1.165, 1.54) is 28.4 Å². The predicted octanol–water partition coefficient (Wildman–Crippen LogP) is 5.40. The number of hydrogen-bond acceptors (Lipinski definition) is 7. The Morgan fingerprint density at radius 1 is 1.21 bits per heavy atom. The van der Waals surface area contributed by atoms with Gasteiger partial charge in [0, 0.05) is 23.0 Å². The summed E-state index contributed by atoms with van der Waals surface area (Å²) in [6.07, 6.45) is 7.51. The summed E-state index contributed by atoms with van der Waals surface area (Å²) in [5.74, 6) is -2.69. The second kappa shape index (κ2) is 12.1. The molecule has 3 aromatic rings. The monoisotopic (exact) mass is 626 g/mol. The van der Waals surface area contributed by atoms with Crippen molar-refractivity contribution in [3.63, 3.8) is 0 Å². The van der Waals surface area contributed by atoms with Crippen molar-refractivity contribution in [1.29, 1.82) is 0 Å². The number of allylic oxidation sites excluding steroid dienone is 1. The fraction of sp³-hybridized carbons (Fsp3) is 0.419. The standard InChI is InChI=1S/C31H32ClFN4O5S/c32-19-11-12-23-26(13-19)43-30(35-23)42-22-15-25-27(38)36-31(29(40)41)16-18(31)7-4-2-1-3-5-10-24(28(39)37(25)17-22)34-21-9-6-8-20(33)14-21/h4,6-9,11-14,18,22,24-25,34H,1-3,5,10,15-17H2,(H,36,38)(H,40,41)/b7-4-/t18-,22+,24-,25-,31+/m0/s1. The maximum atomic E-state index is 14.2. The normalized spacial score (nSPS) is 28.7. The third-order valence-corrected chi connectivity index (χ3v) is 9.53. The number of carboxylic acids is 1. The number of nitrogens with one attached hydrogen (secondary N) is 2. The summed E-state index contributed by atoms with van der Waals surface area (Å²) in [6.45, 7) is 0.109. The highest BCUT2D eigenvalue weighted by Gasteiger charge is 2.61. The Morgan fingerprint density at radius 3 is 2.88 bits per heavy atom. The number of anilines is 1. The first-order valence-corrected chi connectivity index (χ1v) is 15.7. The molecule has 3 heterocycles. The average molecular weight is 627 g/mol. The van der Waals surface area contributed by atoms with Crippen LogP contribution in [-0.4, -0.2) is 63.0 Å². The first kappa shape index (κ1) is 29.4. The molecule has 226 valence electrons. The largest absolute Gasteiger partial charge is 0.479 e. The van der Waals surface area contributed by atoms with Crippen molar-refractivity contribution >= 4 is 56.6 Å². The summed E-state index contributed by atoms with van der Waals surface area (Å²) >= 11 is 7.45. The molecule has 43 heavy (non-hydrogen) atoms. The molecule has 3 N–H and O–H groups in total. The Kier molecular flexibility index (Phi) is 8.28. The molecule has 1 aromatic heterocycles. The van der Waals surface area contributed by atoms with E-state index in [1.54, 1.807) is 30.3 Å². The summed E-state index contributed by atoms with van der Waals surface area (Å²) in [5, 5.41) is 17.0. The predicted molar refractivity (Wildman–Crippen MR) is 162 cm³/mol. The van der Waals surface area contributed by atoms with E-state index < -0.39 is 41.4 Å². The number of nitrogens with zero attached hydrogens (tertiary/aromatic N) is 2. The molecule has 0 spiro atoms. The molecule has 5 atom stereocenters. The Hall–Kier alpha value is -3.70. The number of ether oxygens (including phenoxy) is 1. The van der Waals surface area contributed by atoms with Crippen molar-refractivity contribution in [2.24, 2.45) is 5.92 Å². The van der Waals surface area contributed by atoms with Gasteiger partial charge in [-0.2, -0.15) is 0 Å². The number of benzene rings is 2. The Balaban J connectivity index is 1.29. The summed E-state index contributed by atoms with van der Waals surface area (Å²) in [6, 6.07) is 9.59. The van der Waals surface area contributed by atoms with Crippen LogP contribution in [0.25, 0.3) is 10.2 Å². The lowest BCUT2D eigenvalue weighted by atomic mass is 10.0. The van der Waals surface area contributed by atoms with Crippen molar-refractivity contribution < 1.29 is 28.6 Å². The molecular weight excluding hydrogens is 595 g/mol. The third-order valence-electron chi connectivity index (χ3n) is 8.39. The van der Waals surface area contributed by atoms with Crippen LogP contribution in [0.4, 0.5) is 10.1 Å². The molecule has 0 radical (unpaired) electrons. The molecule has 2 amide bonds. The second-order valence-electron chi connectivity index (χ2n) is 11.4. The minimum absolute atomic E-state index is 0.109. The smallest absolute Gasteiger partial charge is 0.330 e. The number of hydrogen-bond donors (Lipinski definition) is 3. The van der Waals surface area contributed by atoms with Crippen LogP contribution < -0.4 is 15.4 Å². The third kappa shape index (κ3) is 6.33. The van der Waals surface area contributed by atoms with Gasteiger partial charge in [-0.3, -0.25) is 9.59 Å². The van der Waals surface area contributed by atoms with Crippen LogP contribution in [0.1, 0.15) is 44.9 Å². The number of halogens is 2. The van der Waals surface area contributed by atoms with Gasteiger partial charge in [0.2, 0.25) is 11.8 Å². The molecule has 2 aromatic carbocycles. The molecule has 9 nitrogen and oxygen atoms in total. The van der Waals surface area contributed by atoms with Gasteiger partial charge in [0.25, 0.3) is 5.19 Å². The van der Waals surface area contributed by atoms with Gasteiger partial charge in [0.15, 0.2) is 0 Å². The van der Waals surface area contributed by atoms with Crippen LogP contribution in [0.5, 0.6) is 5.19 Å². The summed E-state index contributed by atoms with van der Waals surface area (Å²) in [7, 11) is 0. The van der Waals surface area contributed by atoms with Crippen molar-refractivity contribution in [2.45, 2.75) is 68.7 Å². The molecule has 1 aliphatic carbocycles. The molecule has 12 heteroatoms. The lowest BCUT2D eigenvalue weighted by Crippen LogP contribution is -2.55. The average Bonchev–Trinajstić information content (AvgIpc) is 3.29. The highest BCUT2D eigenvalue weighted by atomic mass is 35.5. The van der Waals surface area contributed by atoms with Crippen LogP contribution in [-0.2, 0) is 14.4 Å². The maximum Gasteiger partial charge on any atom is 0.330 e. The first-order chi connectivity index (χ1) is 20.7. The summed E-state index contributed by atoms with van der Waals surface area (Å²) in [5.41, 5.74) is -0.208. The van der Waals surface area contributed by atoms with Crippen LogP contribution in [0.2, 0.25) is 5.02 Å². The quantitative estimate of drug-likeness (QED) is 0.325. The number of carbonyl (C=O) groups excluding carboxylic acids is 2. The molecule has 2 aliphatic heterocycles. The van der Waals surface area contributed by atoms with E-state index in [0.29, 0.717) is 28.7 Å². The van der Waals surface area contributed by atoms with Crippen molar-refractivity contribution in [1.82, 2.24) is 15.2 Å². The minimum Gasteiger partial charge on any atom is -0.479 e. The first-order valence-electron chi connectivity index (χ1n) is 14.5. The van der Waals surface area contributed by atoms with Crippen molar-refractivity contribution in [3.8, 4) is 5.19 Å². The topological polar surface area (TPSA) is 121 Å². The van der Waals surface area contributed by atoms with E-state index in [1.807, 2.05) is 12.2 Å². The number of fused-ring (bicyclic) bond motifs is 3. The van der Waals surface area contributed by atoms with Crippen LogP contribution in [0.3, 0.4) is 0 Å². The fourth-order valence-electron chi connectivity index (χ4n) is 6.00. The van der Waals surface area contributed by atoms with E-state index in [2.05, 4.69) is 15.6 Å². The maximum absolute atomic E-state index is 14.2. The Morgan fingerprint density at radius 2 is 2.07 bits per heavy atom. The molecule has 1 saturated heterocycles. The number of amides is 2. The van der Waals surface area contributed by atoms with Gasteiger partial charge in [-0.1, -0.05) is 54.0 Å². The van der Waals surface area contributed by atoms with Crippen LogP contribution in [0, 0.1) is 11.7 Å². The van der Waals surface area contributed by atoms with E-state index in [0.717, 1.165) is 35.9 Å². The summed E-state index contributed by atoms with van der Waals surface area (Å²) in [4.78, 5) is 46.2. The van der Waals surface area contributed by atoms with E-state index in [4.69, 9.17) is 16.3 Å². The molecule has 3 aliphatic rings. The molecule has 2 fully saturated rings. The molecule has 6 rings (SSSR count). The number of aliphatic carboxylic acids is 1. The van der Waals surface area contributed by atoms with Gasteiger partial charge >= 0.3 is 5.97 Å². The SMILES string of the molecule is O=C1N[C@]2(C(=O)O)C[C@@H]2/C=C\CCCCC[C@H](Nc2cccc(F)c2)C(=O)N2C[C@H](Oc3nc4ccc(Cl)cc4s3)C[C@@H]12. The van der Waals surface area contributed by atoms with Gasteiger partial charge in [-0.05, 0) is 62.1 Å². The zero-order valence-electron chi connectivity index (χ0n) is 23.3. The van der Waals surface area contributed by atoms with Gasteiger partial charge in [-0.15, -0.1) is 0 Å². The number of rotatable bonds is 5.